The van der Waals surface area contributed by atoms with Crippen molar-refractivity contribution in [2.75, 3.05) is 0 Å². The van der Waals surface area contributed by atoms with Crippen molar-refractivity contribution < 1.29 is 0 Å². The lowest BCUT2D eigenvalue weighted by atomic mass is 10.2. The molecule has 4 nitrogen and oxygen atoms in total. The summed E-state index contributed by atoms with van der Waals surface area (Å²) in [7, 11) is 0. The molecule has 0 bridgehead atoms. The number of pyridine rings is 1. The molecule has 0 amide bonds. The Labute approximate surface area is 129 Å². The largest absolute Gasteiger partial charge is 0.262 e. The highest BCUT2D eigenvalue weighted by Crippen LogP contribution is 2.31. The molecule has 0 N–H and O–H groups in total. The molecule has 2 aromatic heterocycles. The van der Waals surface area contributed by atoms with Crippen molar-refractivity contribution in [3.05, 3.63) is 51.4 Å². The van der Waals surface area contributed by atoms with E-state index in [1.807, 2.05) is 6.07 Å². The molecule has 2 heterocycles. The minimum absolute atomic E-state index is 0.339. The molecule has 98 valence electrons. The lowest BCUT2D eigenvalue weighted by molar-refractivity contribution is 0.896. The molecule has 0 aliphatic rings. The van der Waals surface area contributed by atoms with Crippen molar-refractivity contribution in [2.24, 2.45) is 0 Å². The summed E-state index contributed by atoms with van der Waals surface area (Å²) in [6, 6.07) is 5.07. The highest BCUT2D eigenvalue weighted by Gasteiger charge is 2.13. The minimum Gasteiger partial charge on any atom is -0.262 e. The Balaban J connectivity index is 2.26. The maximum Gasteiger partial charge on any atom is 0.114 e. The van der Waals surface area contributed by atoms with E-state index in [1.54, 1.807) is 12.4 Å². The van der Waals surface area contributed by atoms with E-state index in [0.29, 0.717) is 31.8 Å². The summed E-state index contributed by atoms with van der Waals surface area (Å²) >= 11 is 18.4. The van der Waals surface area contributed by atoms with Gasteiger partial charge in [-0.1, -0.05) is 34.8 Å². The molecular formula is C13H5Cl3N4. The maximum absolute atomic E-state index is 8.88. The molecule has 0 aliphatic heterocycles. The van der Waals surface area contributed by atoms with Crippen LogP contribution in [-0.2, 0) is 0 Å². The average molecular weight is 324 g/mol. The zero-order valence-electron chi connectivity index (χ0n) is 9.81. The van der Waals surface area contributed by atoms with Crippen LogP contribution < -0.4 is 0 Å². The molecule has 0 saturated carbocycles. The van der Waals surface area contributed by atoms with Gasteiger partial charge < -0.3 is 0 Å². The molecule has 0 aliphatic carbocycles. The molecule has 3 rings (SSSR count). The number of rotatable bonds is 1. The molecule has 0 saturated heterocycles. The third-order valence-corrected chi connectivity index (χ3v) is 3.60. The van der Waals surface area contributed by atoms with E-state index >= 15 is 0 Å². The summed E-state index contributed by atoms with van der Waals surface area (Å²) in [6.45, 7) is 0. The summed E-state index contributed by atoms with van der Waals surface area (Å²) in [6.07, 6.45) is 4.90. The zero-order valence-corrected chi connectivity index (χ0v) is 12.1. The fourth-order valence-corrected chi connectivity index (χ4v) is 2.74. The van der Waals surface area contributed by atoms with Crippen molar-refractivity contribution in [3.8, 4) is 11.8 Å². The second-order valence-corrected chi connectivity index (χ2v) is 5.25. The molecule has 0 radical (unpaired) electrons. The van der Waals surface area contributed by atoms with Gasteiger partial charge in [0, 0.05) is 24.0 Å². The van der Waals surface area contributed by atoms with Crippen LogP contribution in [0.3, 0.4) is 0 Å². The van der Waals surface area contributed by atoms with E-state index < -0.39 is 0 Å². The van der Waals surface area contributed by atoms with Crippen LogP contribution >= 0.6 is 34.8 Å². The SMILES string of the molecule is N#Cc1cc(Cl)c(-n2cc3cncc(Cl)c3n2)c(Cl)c1. The first-order chi connectivity index (χ1) is 9.60. The predicted molar refractivity (Wildman–Crippen MR) is 78.6 cm³/mol. The van der Waals surface area contributed by atoms with Crippen LogP contribution in [0.15, 0.2) is 30.7 Å². The van der Waals surface area contributed by atoms with Gasteiger partial charge in [0.2, 0.25) is 0 Å². The summed E-state index contributed by atoms with van der Waals surface area (Å²) in [5.74, 6) is 0. The van der Waals surface area contributed by atoms with Gasteiger partial charge in [-0.25, -0.2) is 4.68 Å². The molecule has 0 spiro atoms. The molecular weight excluding hydrogens is 319 g/mol. The monoisotopic (exact) mass is 322 g/mol. The summed E-state index contributed by atoms with van der Waals surface area (Å²) in [4.78, 5) is 4.00. The Morgan fingerprint density at radius 2 is 1.75 bits per heavy atom. The van der Waals surface area contributed by atoms with E-state index in [0.717, 1.165) is 5.39 Å². The highest BCUT2D eigenvalue weighted by molar-refractivity contribution is 6.38. The molecule has 7 heteroatoms. The Bertz CT molecular complexity index is 841. The van der Waals surface area contributed by atoms with E-state index in [1.165, 1.54) is 23.0 Å². The van der Waals surface area contributed by atoms with Gasteiger partial charge in [0.15, 0.2) is 0 Å². The first-order valence-electron chi connectivity index (χ1n) is 5.48. The fourth-order valence-electron chi connectivity index (χ4n) is 1.87. The van der Waals surface area contributed by atoms with Gasteiger partial charge in [0.05, 0.1) is 26.7 Å². The van der Waals surface area contributed by atoms with Gasteiger partial charge >= 0.3 is 0 Å². The van der Waals surface area contributed by atoms with Crippen LogP contribution in [0.1, 0.15) is 5.56 Å². The van der Waals surface area contributed by atoms with Crippen LogP contribution in [0.2, 0.25) is 15.1 Å². The number of halogens is 3. The predicted octanol–water partition coefficient (Wildman–Crippen LogP) is 4.25. The smallest absolute Gasteiger partial charge is 0.114 e. The quantitative estimate of drug-likeness (QED) is 0.672. The Hall–Kier alpha value is -1.80. The van der Waals surface area contributed by atoms with Crippen LogP contribution in [-0.4, -0.2) is 14.8 Å². The summed E-state index contributed by atoms with van der Waals surface area (Å²) in [5, 5.41) is 15.1. The number of hydrogen-bond acceptors (Lipinski definition) is 3. The first-order valence-corrected chi connectivity index (χ1v) is 6.62. The number of hydrogen-bond donors (Lipinski definition) is 0. The maximum atomic E-state index is 8.88. The van der Waals surface area contributed by atoms with Gasteiger partial charge in [0.25, 0.3) is 0 Å². The van der Waals surface area contributed by atoms with Crippen molar-refractivity contribution in [2.45, 2.75) is 0 Å². The standard InChI is InChI=1S/C13H5Cl3N4/c14-9-1-7(3-17)2-10(15)13(9)20-6-8-4-18-5-11(16)12(8)19-20/h1-2,4-6H. The third-order valence-electron chi connectivity index (χ3n) is 2.75. The molecule has 0 fully saturated rings. The van der Waals surface area contributed by atoms with Gasteiger partial charge in [-0.15, -0.1) is 0 Å². The zero-order chi connectivity index (χ0) is 14.3. The third kappa shape index (κ3) is 2.10. The molecule has 1 aromatic carbocycles. The lowest BCUT2D eigenvalue weighted by Gasteiger charge is -2.07. The highest BCUT2D eigenvalue weighted by atomic mass is 35.5. The minimum atomic E-state index is 0.339. The second kappa shape index (κ2) is 4.95. The lowest BCUT2D eigenvalue weighted by Crippen LogP contribution is -1.97. The van der Waals surface area contributed by atoms with Crippen molar-refractivity contribution in [3.63, 3.8) is 0 Å². The Kier molecular flexibility index (Phi) is 3.27. The topological polar surface area (TPSA) is 54.5 Å². The van der Waals surface area contributed by atoms with Crippen LogP contribution in [0, 0.1) is 11.3 Å². The van der Waals surface area contributed by atoms with E-state index in [9.17, 15) is 0 Å². The van der Waals surface area contributed by atoms with Crippen molar-refractivity contribution in [1.82, 2.24) is 14.8 Å². The average Bonchev–Trinajstić information content (AvgIpc) is 2.82. The van der Waals surface area contributed by atoms with Crippen LogP contribution in [0.5, 0.6) is 0 Å². The normalized spacial score (nSPS) is 10.7. The summed E-state index contributed by atoms with van der Waals surface area (Å²) < 4.78 is 1.53. The summed E-state index contributed by atoms with van der Waals surface area (Å²) in [5.41, 5.74) is 1.50. The van der Waals surface area contributed by atoms with E-state index in [-0.39, 0.29) is 0 Å². The van der Waals surface area contributed by atoms with Crippen molar-refractivity contribution >= 4 is 45.7 Å². The van der Waals surface area contributed by atoms with E-state index in [4.69, 9.17) is 40.1 Å². The second-order valence-electron chi connectivity index (χ2n) is 4.03. The molecule has 20 heavy (non-hydrogen) atoms. The molecule has 3 aromatic rings. The Morgan fingerprint density at radius 1 is 1.05 bits per heavy atom. The number of benzene rings is 1. The Morgan fingerprint density at radius 3 is 2.35 bits per heavy atom. The number of aromatic nitrogens is 3. The van der Waals surface area contributed by atoms with Crippen LogP contribution in [0.4, 0.5) is 0 Å². The first kappa shape index (κ1) is 13.2. The fraction of sp³-hybridized carbons (Fsp3) is 0. The number of fused-ring (bicyclic) bond motifs is 1. The molecule has 0 unspecified atom stereocenters. The van der Waals surface area contributed by atoms with Gasteiger partial charge in [0.1, 0.15) is 11.2 Å². The van der Waals surface area contributed by atoms with Gasteiger partial charge in [-0.2, -0.15) is 10.4 Å². The number of nitrogens with zero attached hydrogens (tertiary/aromatic N) is 4. The van der Waals surface area contributed by atoms with E-state index in [2.05, 4.69) is 10.1 Å². The van der Waals surface area contributed by atoms with Crippen molar-refractivity contribution in [1.29, 1.82) is 5.26 Å². The van der Waals surface area contributed by atoms with Gasteiger partial charge in [-0.05, 0) is 12.1 Å². The number of nitriles is 1. The van der Waals surface area contributed by atoms with Gasteiger partial charge in [-0.3, -0.25) is 4.98 Å². The molecule has 0 atom stereocenters. The van der Waals surface area contributed by atoms with Crippen LogP contribution in [0.25, 0.3) is 16.6 Å².